The molecule has 0 aliphatic heterocycles. The van der Waals surface area contributed by atoms with Crippen molar-refractivity contribution in [1.29, 1.82) is 0 Å². The van der Waals surface area contributed by atoms with Crippen LogP contribution in [-0.4, -0.2) is 50.6 Å². The number of hydrogen-bond acceptors (Lipinski definition) is 2. The number of rotatable bonds is 7. The highest BCUT2D eigenvalue weighted by Gasteiger charge is 2.34. The van der Waals surface area contributed by atoms with Crippen LogP contribution in [0.15, 0.2) is 4.99 Å². The molecule has 0 unspecified atom stereocenters. The van der Waals surface area contributed by atoms with E-state index in [1.54, 1.807) is 0 Å². The maximum absolute atomic E-state index is 4.30. The molecule has 1 rings (SSSR count). The molecule has 1 saturated carbocycles. The number of nitrogens with zero attached hydrogens (tertiary/aromatic N) is 2. The zero-order valence-electron chi connectivity index (χ0n) is 13.4. The molecular formula is C15H32N4. The van der Waals surface area contributed by atoms with E-state index in [-0.39, 0.29) is 0 Å². The van der Waals surface area contributed by atoms with Crippen LogP contribution in [0.2, 0.25) is 0 Å². The van der Waals surface area contributed by atoms with E-state index < -0.39 is 0 Å². The predicted molar refractivity (Wildman–Crippen MR) is 83.7 cm³/mol. The van der Waals surface area contributed by atoms with Crippen molar-refractivity contribution in [2.24, 2.45) is 10.4 Å². The van der Waals surface area contributed by atoms with Crippen molar-refractivity contribution in [2.45, 2.75) is 52.5 Å². The second-order valence-corrected chi connectivity index (χ2v) is 6.13. The first kappa shape index (κ1) is 16.3. The fraction of sp³-hybridized carbons (Fsp3) is 0.933. The summed E-state index contributed by atoms with van der Waals surface area (Å²) >= 11 is 0. The fourth-order valence-corrected chi connectivity index (χ4v) is 2.43. The smallest absolute Gasteiger partial charge is 0.191 e. The molecule has 112 valence electrons. The molecule has 0 bridgehead atoms. The number of aliphatic imine (C=N–C) groups is 1. The van der Waals surface area contributed by atoms with Gasteiger partial charge >= 0.3 is 0 Å². The van der Waals surface area contributed by atoms with Crippen molar-refractivity contribution in [1.82, 2.24) is 15.5 Å². The van der Waals surface area contributed by atoms with Crippen molar-refractivity contribution in [3.63, 3.8) is 0 Å². The van der Waals surface area contributed by atoms with Gasteiger partial charge in [0, 0.05) is 32.7 Å². The minimum atomic E-state index is 0.534. The Bertz CT molecular complexity index is 276. The second-order valence-electron chi connectivity index (χ2n) is 6.13. The lowest BCUT2D eigenvalue weighted by Gasteiger charge is -2.41. The summed E-state index contributed by atoms with van der Waals surface area (Å²) in [6, 6.07) is 0.593. The molecule has 1 fully saturated rings. The molecule has 0 spiro atoms. The molecule has 19 heavy (non-hydrogen) atoms. The van der Waals surface area contributed by atoms with Crippen LogP contribution in [0.1, 0.15) is 46.5 Å². The molecule has 0 atom stereocenters. The van der Waals surface area contributed by atoms with Gasteiger partial charge in [0.2, 0.25) is 0 Å². The molecule has 0 amide bonds. The Hall–Kier alpha value is -0.770. The van der Waals surface area contributed by atoms with Gasteiger partial charge in [0.15, 0.2) is 5.96 Å². The average molecular weight is 268 g/mol. The van der Waals surface area contributed by atoms with E-state index in [2.05, 4.69) is 48.3 Å². The maximum Gasteiger partial charge on any atom is 0.191 e. The molecule has 1 aliphatic carbocycles. The Morgan fingerprint density at radius 1 is 1.32 bits per heavy atom. The largest absolute Gasteiger partial charge is 0.356 e. The van der Waals surface area contributed by atoms with Gasteiger partial charge in [-0.25, -0.2) is 0 Å². The fourth-order valence-electron chi connectivity index (χ4n) is 2.43. The topological polar surface area (TPSA) is 39.7 Å². The van der Waals surface area contributed by atoms with Crippen LogP contribution in [-0.2, 0) is 0 Å². The maximum atomic E-state index is 4.30. The third-order valence-electron chi connectivity index (χ3n) is 4.66. The molecular weight excluding hydrogens is 236 g/mol. The van der Waals surface area contributed by atoms with E-state index >= 15 is 0 Å². The monoisotopic (exact) mass is 268 g/mol. The normalized spacial score (nSPS) is 18.6. The molecule has 4 heteroatoms. The average Bonchev–Trinajstić information content (AvgIpc) is 2.35. The molecule has 0 aromatic carbocycles. The first-order valence-electron chi connectivity index (χ1n) is 7.68. The lowest BCUT2D eigenvalue weighted by Crippen LogP contribution is -2.47. The zero-order valence-corrected chi connectivity index (χ0v) is 13.4. The van der Waals surface area contributed by atoms with Crippen molar-refractivity contribution in [2.75, 3.05) is 33.7 Å². The molecule has 2 N–H and O–H groups in total. The third kappa shape index (κ3) is 5.01. The van der Waals surface area contributed by atoms with Crippen LogP contribution in [0.3, 0.4) is 0 Å². The summed E-state index contributed by atoms with van der Waals surface area (Å²) in [5, 5.41) is 6.88. The van der Waals surface area contributed by atoms with Crippen molar-refractivity contribution in [3.05, 3.63) is 0 Å². The van der Waals surface area contributed by atoms with Crippen LogP contribution in [0.4, 0.5) is 0 Å². The second kappa shape index (κ2) is 7.73. The van der Waals surface area contributed by atoms with E-state index in [1.807, 2.05) is 7.05 Å². The van der Waals surface area contributed by atoms with Gasteiger partial charge in [-0.05, 0) is 45.6 Å². The Morgan fingerprint density at radius 2 is 2.00 bits per heavy atom. The van der Waals surface area contributed by atoms with Gasteiger partial charge in [0.25, 0.3) is 0 Å². The molecule has 0 heterocycles. The van der Waals surface area contributed by atoms with E-state index in [1.165, 1.54) is 25.7 Å². The van der Waals surface area contributed by atoms with Crippen molar-refractivity contribution < 1.29 is 0 Å². The lowest BCUT2D eigenvalue weighted by molar-refractivity contribution is 0.131. The summed E-state index contributed by atoms with van der Waals surface area (Å²) in [6.07, 6.45) is 5.39. The molecule has 0 aromatic rings. The SMILES string of the molecule is CCC1(CNC(=NC)NCCN(C)C(C)C)CCC1. The molecule has 1 aliphatic rings. The standard InChI is InChI=1S/C15H32N4/c1-6-15(8-7-9-15)12-18-14(16-4)17-10-11-19(5)13(2)3/h13H,6-12H2,1-5H3,(H2,16,17,18). The number of nitrogens with one attached hydrogen (secondary N) is 2. The summed E-state index contributed by atoms with van der Waals surface area (Å²) in [4.78, 5) is 6.63. The van der Waals surface area contributed by atoms with E-state index in [0.717, 1.165) is 25.6 Å². The van der Waals surface area contributed by atoms with E-state index in [0.29, 0.717) is 11.5 Å². The Kier molecular flexibility index (Phi) is 6.63. The summed E-state index contributed by atoms with van der Waals surface area (Å²) in [5.74, 6) is 0.942. The molecule has 4 nitrogen and oxygen atoms in total. The van der Waals surface area contributed by atoms with Crippen LogP contribution < -0.4 is 10.6 Å². The van der Waals surface area contributed by atoms with Crippen LogP contribution >= 0.6 is 0 Å². The Balaban J connectivity index is 2.23. The van der Waals surface area contributed by atoms with Gasteiger partial charge < -0.3 is 15.5 Å². The van der Waals surface area contributed by atoms with E-state index in [9.17, 15) is 0 Å². The van der Waals surface area contributed by atoms with Crippen molar-refractivity contribution >= 4 is 5.96 Å². The van der Waals surface area contributed by atoms with Crippen LogP contribution in [0.5, 0.6) is 0 Å². The van der Waals surface area contributed by atoms with Gasteiger partial charge in [0.1, 0.15) is 0 Å². The highest BCUT2D eigenvalue weighted by molar-refractivity contribution is 5.79. The summed E-state index contributed by atoms with van der Waals surface area (Å²) < 4.78 is 0. The predicted octanol–water partition coefficient (Wildman–Crippen LogP) is 2.07. The van der Waals surface area contributed by atoms with Crippen LogP contribution in [0, 0.1) is 5.41 Å². The zero-order chi connectivity index (χ0) is 14.3. The van der Waals surface area contributed by atoms with Gasteiger partial charge in [-0.3, -0.25) is 4.99 Å². The highest BCUT2D eigenvalue weighted by Crippen LogP contribution is 2.42. The number of hydrogen-bond donors (Lipinski definition) is 2. The number of likely N-dealkylation sites (N-methyl/N-ethyl adjacent to an activating group) is 1. The Labute approximate surface area is 119 Å². The van der Waals surface area contributed by atoms with Gasteiger partial charge in [-0.15, -0.1) is 0 Å². The third-order valence-corrected chi connectivity index (χ3v) is 4.66. The Morgan fingerprint density at radius 3 is 2.42 bits per heavy atom. The first-order valence-corrected chi connectivity index (χ1v) is 7.68. The first-order chi connectivity index (χ1) is 9.03. The summed E-state index contributed by atoms with van der Waals surface area (Å²) in [6.45, 7) is 9.77. The molecule has 0 radical (unpaired) electrons. The van der Waals surface area contributed by atoms with E-state index in [4.69, 9.17) is 0 Å². The number of guanidine groups is 1. The quantitative estimate of drug-likeness (QED) is 0.548. The van der Waals surface area contributed by atoms with Crippen LogP contribution in [0.25, 0.3) is 0 Å². The van der Waals surface area contributed by atoms with Gasteiger partial charge in [-0.2, -0.15) is 0 Å². The van der Waals surface area contributed by atoms with Gasteiger partial charge in [-0.1, -0.05) is 13.3 Å². The molecule has 0 aromatic heterocycles. The van der Waals surface area contributed by atoms with Gasteiger partial charge in [0.05, 0.1) is 0 Å². The molecule has 0 saturated heterocycles. The summed E-state index contributed by atoms with van der Waals surface area (Å²) in [5.41, 5.74) is 0.534. The summed E-state index contributed by atoms with van der Waals surface area (Å²) in [7, 11) is 4.00. The minimum Gasteiger partial charge on any atom is -0.356 e. The highest BCUT2D eigenvalue weighted by atomic mass is 15.2. The van der Waals surface area contributed by atoms with Crippen molar-refractivity contribution in [3.8, 4) is 0 Å². The minimum absolute atomic E-state index is 0.534. The lowest BCUT2D eigenvalue weighted by atomic mass is 9.67.